The van der Waals surface area contributed by atoms with Crippen LogP contribution in [0.25, 0.3) is 5.76 Å². The van der Waals surface area contributed by atoms with Crippen LogP contribution in [0.4, 0.5) is 0 Å². The van der Waals surface area contributed by atoms with E-state index < -0.39 is 17.7 Å². The number of pyridine rings is 1. The SMILES string of the molecule is Cc1cccc(COc2ccc(/C(O)=C3\C(=O)C(=O)N(Cc4ccncc4)C3c3ccc(Br)cc3)cc2)c1. The second-order valence-corrected chi connectivity index (χ2v) is 10.1. The van der Waals surface area contributed by atoms with Gasteiger partial charge in [0, 0.05) is 29.0 Å². The minimum absolute atomic E-state index is 0.0554. The van der Waals surface area contributed by atoms with Gasteiger partial charge in [0.2, 0.25) is 0 Å². The van der Waals surface area contributed by atoms with Gasteiger partial charge in [-0.05, 0) is 72.1 Å². The smallest absolute Gasteiger partial charge is 0.295 e. The molecule has 38 heavy (non-hydrogen) atoms. The highest BCUT2D eigenvalue weighted by Crippen LogP contribution is 2.40. The molecule has 190 valence electrons. The fraction of sp³-hybridized carbons (Fsp3) is 0.129. The van der Waals surface area contributed by atoms with Crippen LogP contribution in [0.2, 0.25) is 0 Å². The van der Waals surface area contributed by atoms with Crippen LogP contribution in [0, 0.1) is 6.92 Å². The lowest BCUT2D eigenvalue weighted by molar-refractivity contribution is -0.140. The maximum atomic E-state index is 13.3. The standard InChI is InChI=1S/C31H25BrN2O4/c1-20-3-2-4-22(17-20)19-38-26-11-7-24(8-12-26)29(35)27-28(23-5-9-25(32)10-6-23)34(31(37)30(27)36)18-21-13-15-33-16-14-21/h2-17,28,35H,18-19H2,1H3/b29-27+. The Morgan fingerprint density at radius 1 is 0.947 bits per heavy atom. The molecular formula is C31H25BrN2O4. The Balaban J connectivity index is 1.47. The van der Waals surface area contributed by atoms with Crippen molar-refractivity contribution < 1.29 is 19.4 Å². The molecule has 1 amide bonds. The van der Waals surface area contributed by atoms with Crippen LogP contribution in [-0.4, -0.2) is 26.7 Å². The molecule has 0 bridgehead atoms. The number of benzene rings is 3. The molecule has 1 atom stereocenters. The van der Waals surface area contributed by atoms with Crippen molar-refractivity contribution in [1.29, 1.82) is 0 Å². The molecule has 4 aromatic rings. The van der Waals surface area contributed by atoms with Crippen LogP contribution >= 0.6 is 15.9 Å². The summed E-state index contributed by atoms with van der Waals surface area (Å²) in [6.45, 7) is 2.65. The van der Waals surface area contributed by atoms with Gasteiger partial charge in [-0.15, -0.1) is 0 Å². The highest BCUT2D eigenvalue weighted by Gasteiger charge is 2.46. The van der Waals surface area contributed by atoms with Gasteiger partial charge in [-0.3, -0.25) is 14.6 Å². The van der Waals surface area contributed by atoms with Crippen molar-refractivity contribution in [3.8, 4) is 5.75 Å². The van der Waals surface area contributed by atoms with E-state index in [1.165, 1.54) is 4.90 Å². The Bertz CT molecular complexity index is 1500. The predicted octanol–water partition coefficient (Wildman–Crippen LogP) is 6.35. The average molecular weight is 569 g/mol. The number of likely N-dealkylation sites (tertiary alicyclic amines) is 1. The fourth-order valence-electron chi connectivity index (χ4n) is 4.55. The molecule has 3 aromatic carbocycles. The number of aromatic nitrogens is 1. The summed E-state index contributed by atoms with van der Waals surface area (Å²) in [5.41, 5.74) is 4.25. The van der Waals surface area contributed by atoms with Crippen molar-refractivity contribution in [2.24, 2.45) is 0 Å². The van der Waals surface area contributed by atoms with Gasteiger partial charge >= 0.3 is 0 Å². The normalized spacial score (nSPS) is 16.6. The average Bonchev–Trinajstić information content (AvgIpc) is 3.18. The Hall–Kier alpha value is -4.23. The zero-order valence-electron chi connectivity index (χ0n) is 20.7. The number of Topliss-reactive ketones (excluding diaryl/α,β-unsaturated/α-hetero) is 1. The molecule has 1 fully saturated rings. The van der Waals surface area contributed by atoms with Crippen LogP contribution < -0.4 is 4.74 Å². The first-order valence-electron chi connectivity index (χ1n) is 12.1. The molecule has 1 saturated heterocycles. The van der Waals surface area contributed by atoms with E-state index in [1.807, 2.05) is 49.4 Å². The number of amides is 1. The molecular weight excluding hydrogens is 544 g/mol. The van der Waals surface area contributed by atoms with E-state index in [0.717, 1.165) is 26.7 Å². The minimum atomic E-state index is -0.742. The largest absolute Gasteiger partial charge is 0.507 e. The second-order valence-electron chi connectivity index (χ2n) is 9.14. The zero-order chi connectivity index (χ0) is 26.6. The highest BCUT2D eigenvalue weighted by atomic mass is 79.9. The van der Waals surface area contributed by atoms with Gasteiger partial charge in [0.15, 0.2) is 0 Å². The molecule has 1 aliphatic heterocycles. The molecule has 0 spiro atoms. The lowest BCUT2D eigenvalue weighted by Gasteiger charge is -2.25. The van der Waals surface area contributed by atoms with E-state index in [1.54, 1.807) is 48.8 Å². The first-order chi connectivity index (χ1) is 18.4. The monoisotopic (exact) mass is 568 g/mol. The van der Waals surface area contributed by atoms with Crippen LogP contribution in [0.15, 0.2) is 107 Å². The maximum absolute atomic E-state index is 13.3. The van der Waals surface area contributed by atoms with Crippen molar-refractivity contribution in [2.75, 3.05) is 0 Å². The lowest BCUT2D eigenvalue weighted by Crippen LogP contribution is -2.29. The number of hydrogen-bond acceptors (Lipinski definition) is 5. The molecule has 0 aliphatic carbocycles. The molecule has 5 rings (SSSR count). The van der Waals surface area contributed by atoms with Crippen molar-refractivity contribution in [3.05, 3.63) is 135 Å². The summed E-state index contributed by atoms with van der Waals surface area (Å²) < 4.78 is 6.76. The topological polar surface area (TPSA) is 79.7 Å². The third-order valence-electron chi connectivity index (χ3n) is 6.44. The highest BCUT2D eigenvalue weighted by molar-refractivity contribution is 9.10. The molecule has 7 heteroatoms. The van der Waals surface area contributed by atoms with Gasteiger partial charge in [0.1, 0.15) is 18.1 Å². The van der Waals surface area contributed by atoms with Crippen LogP contribution in [0.1, 0.15) is 33.9 Å². The summed E-state index contributed by atoms with van der Waals surface area (Å²) in [7, 11) is 0. The van der Waals surface area contributed by atoms with Gasteiger partial charge in [0.25, 0.3) is 11.7 Å². The summed E-state index contributed by atoms with van der Waals surface area (Å²) in [5.74, 6) is -0.969. The number of carbonyl (C=O) groups excluding carboxylic acids is 2. The number of ether oxygens (including phenoxy) is 1. The Morgan fingerprint density at radius 3 is 2.34 bits per heavy atom. The lowest BCUT2D eigenvalue weighted by atomic mass is 9.95. The number of hydrogen-bond donors (Lipinski definition) is 1. The van der Waals surface area contributed by atoms with Crippen molar-refractivity contribution >= 4 is 33.4 Å². The van der Waals surface area contributed by atoms with Crippen molar-refractivity contribution in [2.45, 2.75) is 26.1 Å². The third-order valence-corrected chi connectivity index (χ3v) is 6.97. The van der Waals surface area contributed by atoms with E-state index >= 15 is 0 Å². The number of carbonyl (C=O) groups is 2. The minimum Gasteiger partial charge on any atom is -0.507 e. The molecule has 2 heterocycles. The number of nitrogens with zero attached hydrogens (tertiary/aromatic N) is 2. The number of halogens is 1. The van der Waals surface area contributed by atoms with Gasteiger partial charge in [-0.25, -0.2) is 0 Å². The number of rotatable bonds is 7. The Morgan fingerprint density at radius 2 is 1.66 bits per heavy atom. The van der Waals surface area contributed by atoms with Crippen molar-refractivity contribution in [1.82, 2.24) is 9.88 Å². The van der Waals surface area contributed by atoms with Gasteiger partial charge < -0.3 is 14.7 Å². The molecule has 1 unspecified atom stereocenters. The maximum Gasteiger partial charge on any atom is 0.295 e. The molecule has 6 nitrogen and oxygen atoms in total. The summed E-state index contributed by atoms with van der Waals surface area (Å²) in [4.78, 5) is 32.0. The quantitative estimate of drug-likeness (QED) is 0.159. The van der Waals surface area contributed by atoms with E-state index in [-0.39, 0.29) is 17.9 Å². The molecule has 1 aromatic heterocycles. The van der Waals surface area contributed by atoms with Crippen molar-refractivity contribution in [3.63, 3.8) is 0 Å². The summed E-state index contributed by atoms with van der Waals surface area (Å²) >= 11 is 3.44. The Kier molecular flexibility index (Phi) is 7.38. The number of aryl methyl sites for hydroxylation is 1. The van der Waals surface area contributed by atoms with E-state index in [9.17, 15) is 14.7 Å². The van der Waals surface area contributed by atoms with E-state index in [4.69, 9.17) is 4.74 Å². The second kappa shape index (κ2) is 11.0. The summed E-state index contributed by atoms with van der Waals surface area (Å²) in [6.07, 6.45) is 3.28. The first-order valence-corrected chi connectivity index (χ1v) is 12.9. The molecule has 1 aliphatic rings. The van der Waals surface area contributed by atoms with Gasteiger partial charge in [-0.2, -0.15) is 0 Å². The summed E-state index contributed by atoms with van der Waals surface area (Å²) in [6, 6.07) is 25.2. The zero-order valence-corrected chi connectivity index (χ0v) is 22.3. The fourth-order valence-corrected chi connectivity index (χ4v) is 4.82. The van der Waals surface area contributed by atoms with Crippen LogP contribution in [-0.2, 0) is 22.7 Å². The molecule has 1 N–H and O–H groups in total. The predicted molar refractivity (Wildman–Crippen MR) is 148 cm³/mol. The van der Waals surface area contributed by atoms with E-state index in [0.29, 0.717) is 17.9 Å². The van der Waals surface area contributed by atoms with Gasteiger partial charge in [-0.1, -0.05) is 57.9 Å². The van der Waals surface area contributed by atoms with E-state index in [2.05, 4.69) is 27.0 Å². The van der Waals surface area contributed by atoms with Crippen LogP contribution in [0.5, 0.6) is 5.75 Å². The Labute approximate surface area is 229 Å². The number of ketones is 1. The van der Waals surface area contributed by atoms with Gasteiger partial charge in [0.05, 0.1) is 11.6 Å². The summed E-state index contributed by atoms with van der Waals surface area (Å²) in [5, 5.41) is 11.3. The third kappa shape index (κ3) is 5.38. The number of aliphatic hydroxyl groups is 1. The molecule has 0 saturated carbocycles. The number of aliphatic hydroxyl groups excluding tert-OH is 1. The first kappa shape index (κ1) is 25.4. The molecule has 0 radical (unpaired) electrons. The van der Waals surface area contributed by atoms with Crippen LogP contribution in [0.3, 0.4) is 0 Å².